The van der Waals surface area contributed by atoms with Crippen LogP contribution in [0.15, 0.2) is 24.3 Å². The van der Waals surface area contributed by atoms with Crippen LogP contribution < -0.4 is 10.6 Å². The molecule has 82 valence electrons. The van der Waals surface area contributed by atoms with Crippen LogP contribution in [0.1, 0.15) is 12.5 Å². The molecule has 0 spiro atoms. The van der Waals surface area contributed by atoms with Gasteiger partial charge in [-0.1, -0.05) is 17.7 Å². The summed E-state index contributed by atoms with van der Waals surface area (Å²) in [6, 6.07) is 5.47. The third-order valence-electron chi connectivity index (χ3n) is 2.07. The standard InChI is InChI=1S/C11H14ClNO2/c1-8(5-6-15-13)10-7-9(12)3-4-11(10)14-2/h3-5,7H,6,13H2,1-2H3/b8-5+. The van der Waals surface area contributed by atoms with Crippen LogP contribution in [0.3, 0.4) is 0 Å². The molecule has 1 aromatic rings. The molecular weight excluding hydrogens is 214 g/mol. The summed E-state index contributed by atoms with van der Waals surface area (Å²) in [6.45, 7) is 2.31. The highest BCUT2D eigenvalue weighted by atomic mass is 35.5. The highest BCUT2D eigenvalue weighted by Gasteiger charge is 2.05. The minimum absolute atomic E-state index is 0.363. The lowest BCUT2D eigenvalue weighted by molar-refractivity contribution is 0.168. The van der Waals surface area contributed by atoms with Gasteiger partial charge in [-0.2, -0.15) is 0 Å². The molecule has 2 N–H and O–H groups in total. The topological polar surface area (TPSA) is 44.5 Å². The quantitative estimate of drug-likeness (QED) is 0.805. The number of hydrogen-bond donors (Lipinski definition) is 1. The highest BCUT2D eigenvalue weighted by molar-refractivity contribution is 6.30. The Bertz CT molecular complexity index is 364. The summed E-state index contributed by atoms with van der Waals surface area (Å²) in [6.07, 6.45) is 1.87. The van der Waals surface area contributed by atoms with Crippen molar-refractivity contribution in [2.75, 3.05) is 13.7 Å². The summed E-state index contributed by atoms with van der Waals surface area (Å²) < 4.78 is 5.23. The summed E-state index contributed by atoms with van der Waals surface area (Å²) in [7, 11) is 1.62. The molecule has 0 unspecified atom stereocenters. The number of benzene rings is 1. The Morgan fingerprint density at radius 3 is 2.87 bits per heavy atom. The van der Waals surface area contributed by atoms with E-state index in [9.17, 15) is 0 Å². The van der Waals surface area contributed by atoms with E-state index in [1.165, 1.54) is 0 Å². The van der Waals surface area contributed by atoms with E-state index >= 15 is 0 Å². The van der Waals surface area contributed by atoms with Crippen LogP contribution in [0.2, 0.25) is 5.02 Å². The van der Waals surface area contributed by atoms with Gasteiger partial charge in [0.1, 0.15) is 5.75 Å². The Morgan fingerprint density at radius 2 is 2.27 bits per heavy atom. The molecule has 1 aromatic carbocycles. The molecule has 0 aliphatic heterocycles. The minimum Gasteiger partial charge on any atom is -0.496 e. The van der Waals surface area contributed by atoms with Crippen molar-refractivity contribution in [3.05, 3.63) is 34.9 Å². The molecule has 4 heteroatoms. The van der Waals surface area contributed by atoms with Crippen molar-refractivity contribution in [3.8, 4) is 5.75 Å². The molecule has 0 aromatic heterocycles. The Morgan fingerprint density at radius 1 is 1.53 bits per heavy atom. The zero-order chi connectivity index (χ0) is 11.3. The van der Waals surface area contributed by atoms with E-state index in [1.807, 2.05) is 25.1 Å². The molecule has 0 fully saturated rings. The van der Waals surface area contributed by atoms with Gasteiger partial charge >= 0.3 is 0 Å². The number of allylic oxidation sites excluding steroid dienone is 1. The maximum absolute atomic E-state index is 5.91. The highest BCUT2D eigenvalue weighted by Crippen LogP contribution is 2.28. The van der Waals surface area contributed by atoms with Crippen LogP contribution >= 0.6 is 11.6 Å². The van der Waals surface area contributed by atoms with Crippen LogP contribution in [-0.2, 0) is 4.84 Å². The summed E-state index contributed by atoms with van der Waals surface area (Å²) in [5.74, 6) is 5.74. The monoisotopic (exact) mass is 227 g/mol. The summed E-state index contributed by atoms with van der Waals surface area (Å²) >= 11 is 5.91. The third-order valence-corrected chi connectivity index (χ3v) is 2.31. The average Bonchev–Trinajstić information content (AvgIpc) is 2.25. The summed E-state index contributed by atoms with van der Waals surface area (Å²) in [5, 5.41) is 0.673. The number of ether oxygens (including phenoxy) is 1. The predicted octanol–water partition coefficient (Wildman–Crippen LogP) is 2.64. The zero-order valence-corrected chi connectivity index (χ0v) is 9.54. The maximum atomic E-state index is 5.91. The molecular formula is C11H14ClNO2. The van der Waals surface area contributed by atoms with E-state index in [4.69, 9.17) is 22.2 Å². The first-order chi connectivity index (χ1) is 7.19. The van der Waals surface area contributed by atoms with Crippen molar-refractivity contribution in [3.63, 3.8) is 0 Å². The molecule has 0 heterocycles. The smallest absolute Gasteiger partial charge is 0.126 e. The van der Waals surface area contributed by atoms with Crippen LogP contribution in [-0.4, -0.2) is 13.7 Å². The predicted molar refractivity (Wildman–Crippen MR) is 61.8 cm³/mol. The molecule has 0 amide bonds. The van der Waals surface area contributed by atoms with Gasteiger partial charge in [0.05, 0.1) is 13.7 Å². The summed E-state index contributed by atoms with van der Waals surface area (Å²) in [4.78, 5) is 4.49. The number of methoxy groups -OCH3 is 1. The van der Waals surface area contributed by atoms with E-state index in [-0.39, 0.29) is 0 Å². The molecule has 0 saturated carbocycles. The van der Waals surface area contributed by atoms with Gasteiger partial charge in [-0.15, -0.1) is 0 Å². The fourth-order valence-electron chi connectivity index (χ4n) is 1.27. The molecule has 3 nitrogen and oxygen atoms in total. The van der Waals surface area contributed by atoms with Crippen LogP contribution in [0, 0.1) is 0 Å². The largest absolute Gasteiger partial charge is 0.496 e. The second-order valence-electron chi connectivity index (χ2n) is 3.07. The van der Waals surface area contributed by atoms with Crippen molar-refractivity contribution < 1.29 is 9.57 Å². The molecule has 0 saturated heterocycles. The fraction of sp³-hybridized carbons (Fsp3) is 0.273. The SMILES string of the molecule is COc1ccc(Cl)cc1/C(C)=C/CON. The molecule has 0 aliphatic carbocycles. The van der Waals surface area contributed by atoms with Gasteiger partial charge in [0.25, 0.3) is 0 Å². The van der Waals surface area contributed by atoms with Gasteiger partial charge in [-0.25, -0.2) is 5.90 Å². The fourth-order valence-corrected chi connectivity index (χ4v) is 1.44. The van der Waals surface area contributed by atoms with E-state index in [1.54, 1.807) is 13.2 Å². The van der Waals surface area contributed by atoms with Gasteiger partial charge in [0.2, 0.25) is 0 Å². The number of halogens is 1. The van der Waals surface area contributed by atoms with Gasteiger partial charge in [-0.05, 0) is 30.7 Å². The molecule has 0 radical (unpaired) electrons. The van der Waals surface area contributed by atoms with Crippen LogP contribution in [0.4, 0.5) is 0 Å². The zero-order valence-electron chi connectivity index (χ0n) is 8.79. The third kappa shape index (κ3) is 3.23. The first-order valence-electron chi connectivity index (χ1n) is 4.51. The van der Waals surface area contributed by atoms with Crippen molar-refractivity contribution >= 4 is 17.2 Å². The Kier molecular flexibility index (Phi) is 4.62. The second kappa shape index (κ2) is 5.75. The van der Waals surface area contributed by atoms with E-state index in [2.05, 4.69) is 4.84 Å². The average molecular weight is 228 g/mol. The molecule has 1 rings (SSSR count). The normalized spacial score (nSPS) is 11.6. The number of hydrogen-bond acceptors (Lipinski definition) is 3. The lowest BCUT2D eigenvalue weighted by atomic mass is 10.1. The molecule has 15 heavy (non-hydrogen) atoms. The Labute approximate surface area is 94.4 Å². The lowest BCUT2D eigenvalue weighted by Gasteiger charge is -2.09. The number of nitrogens with two attached hydrogens (primary N) is 1. The van der Waals surface area contributed by atoms with Crippen molar-refractivity contribution in [1.29, 1.82) is 0 Å². The van der Waals surface area contributed by atoms with Crippen molar-refractivity contribution in [2.45, 2.75) is 6.92 Å². The molecule has 0 aliphatic rings. The van der Waals surface area contributed by atoms with E-state index in [0.29, 0.717) is 11.6 Å². The van der Waals surface area contributed by atoms with Crippen molar-refractivity contribution in [2.24, 2.45) is 5.90 Å². The first kappa shape index (κ1) is 12.0. The van der Waals surface area contributed by atoms with Crippen molar-refractivity contribution in [1.82, 2.24) is 0 Å². The molecule has 0 atom stereocenters. The van der Waals surface area contributed by atoms with Crippen LogP contribution in [0.25, 0.3) is 5.57 Å². The number of rotatable bonds is 4. The maximum Gasteiger partial charge on any atom is 0.126 e. The minimum atomic E-state index is 0.363. The van der Waals surface area contributed by atoms with Gasteiger partial charge < -0.3 is 9.57 Å². The van der Waals surface area contributed by atoms with Crippen LogP contribution in [0.5, 0.6) is 5.75 Å². The second-order valence-corrected chi connectivity index (χ2v) is 3.50. The van der Waals surface area contributed by atoms with E-state index in [0.717, 1.165) is 16.9 Å². The lowest BCUT2D eigenvalue weighted by Crippen LogP contribution is -1.98. The first-order valence-corrected chi connectivity index (χ1v) is 4.89. The van der Waals surface area contributed by atoms with E-state index < -0.39 is 0 Å². The summed E-state index contributed by atoms with van der Waals surface area (Å²) in [5.41, 5.74) is 1.96. The molecule has 0 bridgehead atoms. The van der Waals surface area contributed by atoms with Gasteiger partial charge in [-0.3, -0.25) is 0 Å². The van der Waals surface area contributed by atoms with Gasteiger partial charge in [0, 0.05) is 10.6 Å². The Hall–Kier alpha value is -1.03. The van der Waals surface area contributed by atoms with Gasteiger partial charge in [0.15, 0.2) is 0 Å². The Balaban J connectivity index is 3.05.